The standard InChI is InChI=1S/C36H30N2O13/c1-50-25-11-16(39)12-26(51-2)30(25)28-17-7-8-20-27(33(44)37(31(20)42)14-3-5-18(35(46)47)23(40)9-14)21(17)13-22-29(28)34(45)38(32(22)43)15-4-6-19(36(48)49)24(41)10-15/h3-7,9-12,20-22,27-29,39-41H,8,13H2,1-2H3,(H,46,47)(H,48,49). The first-order valence-electron chi connectivity index (χ1n) is 15.8. The fraction of sp³-hybridized carbons (Fsp3) is 0.278. The van der Waals surface area contributed by atoms with Gasteiger partial charge in [-0.1, -0.05) is 11.6 Å². The second kappa shape index (κ2) is 11.9. The molecule has 0 bridgehead atoms. The molecule has 6 unspecified atom stereocenters. The Morgan fingerprint density at radius 1 is 0.667 bits per heavy atom. The highest BCUT2D eigenvalue weighted by molar-refractivity contribution is 6.24. The van der Waals surface area contributed by atoms with Gasteiger partial charge in [-0.3, -0.25) is 19.2 Å². The number of aromatic hydroxyl groups is 3. The summed E-state index contributed by atoms with van der Waals surface area (Å²) in [6, 6.07) is 9.33. The zero-order valence-electron chi connectivity index (χ0n) is 27.0. The van der Waals surface area contributed by atoms with E-state index in [-0.39, 0.29) is 41.5 Å². The molecule has 15 nitrogen and oxygen atoms in total. The summed E-state index contributed by atoms with van der Waals surface area (Å²) in [6.07, 6.45) is 1.81. The number of carbonyl (C=O) groups excluding carboxylic acids is 4. The first kappa shape index (κ1) is 33.1. The molecule has 0 aromatic heterocycles. The predicted octanol–water partition coefficient (Wildman–Crippen LogP) is 3.26. The van der Waals surface area contributed by atoms with Gasteiger partial charge in [0.25, 0.3) is 0 Å². The number of imide groups is 2. The summed E-state index contributed by atoms with van der Waals surface area (Å²) in [5, 5.41) is 50.0. The quantitative estimate of drug-likeness (QED) is 0.177. The van der Waals surface area contributed by atoms with Crippen molar-refractivity contribution in [3.8, 4) is 28.7 Å². The number of allylic oxidation sites excluding steroid dienone is 2. The monoisotopic (exact) mass is 698 g/mol. The van der Waals surface area contributed by atoms with E-state index in [1.165, 1.54) is 38.5 Å². The molecule has 2 saturated heterocycles. The summed E-state index contributed by atoms with van der Waals surface area (Å²) >= 11 is 0. The lowest BCUT2D eigenvalue weighted by Crippen LogP contribution is -2.43. The minimum atomic E-state index is -1.41. The fourth-order valence-corrected chi connectivity index (χ4v) is 8.33. The van der Waals surface area contributed by atoms with Crippen LogP contribution in [0.2, 0.25) is 0 Å². The molecule has 2 heterocycles. The lowest BCUT2D eigenvalue weighted by atomic mass is 9.57. The number of phenolic OH excluding ortho intramolecular Hbond substituents is 1. The van der Waals surface area contributed by atoms with E-state index in [0.717, 1.165) is 34.1 Å². The first-order valence-corrected chi connectivity index (χ1v) is 15.8. The SMILES string of the molecule is COc1cc(O)cc(OC)c1C1C2=CCC3C(=O)N(c4ccc(C(=O)O)c(O)c4)C(=O)C3C2CC2C(=O)N(c3ccc(C(=O)O)c(O)c3)C(=O)C21. The molecule has 51 heavy (non-hydrogen) atoms. The van der Waals surface area contributed by atoms with Crippen LogP contribution in [-0.2, 0) is 19.2 Å². The van der Waals surface area contributed by atoms with Crippen LogP contribution in [0.25, 0.3) is 0 Å². The molecule has 15 heteroatoms. The lowest BCUT2D eigenvalue weighted by molar-refractivity contribution is -0.126. The molecule has 1 saturated carbocycles. The number of carbonyl (C=O) groups is 6. The number of fused-ring (bicyclic) bond motifs is 4. The number of ether oxygens (including phenoxy) is 2. The minimum absolute atomic E-state index is 0.0292. The van der Waals surface area contributed by atoms with Crippen LogP contribution in [0.1, 0.15) is 45.0 Å². The van der Waals surface area contributed by atoms with Gasteiger partial charge in [-0.05, 0) is 43.0 Å². The third kappa shape index (κ3) is 4.87. The number of anilines is 2. The molecule has 3 aromatic carbocycles. The van der Waals surface area contributed by atoms with E-state index in [1.54, 1.807) is 6.08 Å². The molecule has 5 N–H and O–H groups in total. The maximum atomic E-state index is 14.4. The second-order valence-corrected chi connectivity index (χ2v) is 12.8. The van der Waals surface area contributed by atoms with E-state index < -0.39 is 93.7 Å². The molecule has 3 fully saturated rings. The molecular weight excluding hydrogens is 668 g/mol. The molecule has 4 aliphatic rings. The topological polar surface area (TPSA) is 229 Å². The first-order chi connectivity index (χ1) is 24.3. The van der Waals surface area contributed by atoms with Gasteiger partial charge in [0.05, 0.1) is 49.3 Å². The number of methoxy groups -OCH3 is 2. The number of benzene rings is 3. The van der Waals surface area contributed by atoms with E-state index in [1.807, 2.05) is 0 Å². The van der Waals surface area contributed by atoms with Crippen LogP contribution in [0.4, 0.5) is 11.4 Å². The molecule has 6 atom stereocenters. The number of carboxylic acids is 2. The van der Waals surface area contributed by atoms with Crippen molar-refractivity contribution in [3.05, 3.63) is 76.9 Å². The summed E-state index contributed by atoms with van der Waals surface area (Å²) in [5.74, 6) is -12.4. The average molecular weight is 699 g/mol. The number of carboxylic acid groups (broad SMARTS) is 2. The summed E-state index contributed by atoms with van der Waals surface area (Å²) in [5.41, 5.74) is -0.0663. The summed E-state index contributed by atoms with van der Waals surface area (Å²) in [6.45, 7) is 0. The van der Waals surface area contributed by atoms with Crippen LogP contribution in [-0.4, -0.2) is 75.3 Å². The maximum Gasteiger partial charge on any atom is 0.339 e. The van der Waals surface area contributed by atoms with E-state index in [2.05, 4.69) is 0 Å². The fourth-order valence-electron chi connectivity index (χ4n) is 8.33. The highest BCUT2D eigenvalue weighted by atomic mass is 16.5. The summed E-state index contributed by atoms with van der Waals surface area (Å²) in [4.78, 5) is 81.7. The lowest BCUT2D eigenvalue weighted by Gasteiger charge is -2.44. The Bertz CT molecular complexity index is 2100. The predicted molar refractivity (Wildman–Crippen MR) is 174 cm³/mol. The zero-order chi connectivity index (χ0) is 36.6. The van der Waals surface area contributed by atoms with Crippen molar-refractivity contribution < 1.29 is 63.8 Å². The van der Waals surface area contributed by atoms with Crippen LogP contribution in [0.5, 0.6) is 28.7 Å². The van der Waals surface area contributed by atoms with Crippen LogP contribution < -0.4 is 19.3 Å². The number of aromatic carboxylic acids is 2. The largest absolute Gasteiger partial charge is 0.508 e. The van der Waals surface area contributed by atoms with E-state index in [0.29, 0.717) is 11.1 Å². The average Bonchev–Trinajstić information content (AvgIpc) is 3.49. The van der Waals surface area contributed by atoms with Crippen molar-refractivity contribution in [2.24, 2.45) is 29.6 Å². The highest BCUT2D eigenvalue weighted by Crippen LogP contribution is 2.61. The van der Waals surface area contributed by atoms with Crippen molar-refractivity contribution in [3.63, 3.8) is 0 Å². The molecule has 0 spiro atoms. The summed E-state index contributed by atoms with van der Waals surface area (Å²) < 4.78 is 11.3. The number of amides is 4. The molecule has 262 valence electrons. The van der Waals surface area contributed by atoms with Crippen molar-refractivity contribution in [2.45, 2.75) is 18.8 Å². The molecule has 0 radical (unpaired) electrons. The van der Waals surface area contributed by atoms with E-state index in [4.69, 9.17) is 9.47 Å². The van der Waals surface area contributed by atoms with Gasteiger partial charge in [0.15, 0.2) is 0 Å². The van der Waals surface area contributed by atoms with Crippen LogP contribution >= 0.6 is 0 Å². The van der Waals surface area contributed by atoms with E-state index in [9.17, 15) is 54.3 Å². The number of hydrogen-bond donors (Lipinski definition) is 5. The molecule has 3 aromatic rings. The van der Waals surface area contributed by atoms with Crippen molar-refractivity contribution >= 4 is 46.9 Å². The summed E-state index contributed by atoms with van der Waals surface area (Å²) in [7, 11) is 2.70. The third-order valence-electron chi connectivity index (χ3n) is 10.4. The molecular formula is C36H30N2O13. The van der Waals surface area contributed by atoms with Gasteiger partial charge in [0.1, 0.15) is 39.9 Å². The Hall–Kier alpha value is -6.38. The number of rotatable bonds is 7. The molecule has 2 aliphatic carbocycles. The van der Waals surface area contributed by atoms with Gasteiger partial charge < -0.3 is 35.0 Å². The Morgan fingerprint density at radius 3 is 1.63 bits per heavy atom. The maximum absolute atomic E-state index is 14.4. The Morgan fingerprint density at radius 2 is 1.16 bits per heavy atom. The van der Waals surface area contributed by atoms with Gasteiger partial charge in [-0.2, -0.15) is 0 Å². The number of phenols is 3. The number of nitrogens with zero attached hydrogens (tertiary/aromatic N) is 2. The van der Waals surface area contributed by atoms with Crippen molar-refractivity contribution in [1.82, 2.24) is 0 Å². The number of hydrogen-bond acceptors (Lipinski definition) is 11. The van der Waals surface area contributed by atoms with Gasteiger partial charge >= 0.3 is 11.9 Å². The Labute approximate surface area is 288 Å². The normalized spacial score (nSPS) is 25.3. The van der Waals surface area contributed by atoms with Gasteiger partial charge in [-0.15, -0.1) is 0 Å². The van der Waals surface area contributed by atoms with Gasteiger partial charge in [-0.25, -0.2) is 19.4 Å². The minimum Gasteiger partial charge on any atom is -0.508 e. The smallest absolute Gasteiger partial charge is 0.339 e. The molecule has 2 aliphatic heterocycles. The Kier molecular flexibility index (Phi) is 7.73. The molecule has 7 rings (SSSR count). The van der Waals surface area contributed by atoms with Crippen LogP contribution in [0.15, 0.2) is 60.2 Å². The van der Waals surface area contributed by atoms with Crippen LogP contribution in [0, 0.1) is 29.6 Å². The third-order valence-corrected chi connectivity index (χ3v) is 10.4. The Balaban J connectivity index is 1.36. The van der Waals surface area contributed by atoms with Crippen molar-refractivity contribution in [2.75, 3.05) is 24.0 Å². The van der Waals surface area contributed by atoms with Gasteiger partial charge in [0.2, 0.25) is 23.6 Å². The van der Waals surface area contributed by atoms with Gasteiger partial charge in [0, 0.05) is 35.7 Å². The highest BCUT2D eigenvalue weighted by Gasteiger charge is 2.63. The molecule has 4 amide bonds. The van der Waals surface area contributed by atoms with Crippen molar-refractivity contribution in [1.29, 1.82) is 0 Å². The van der Waals surface area contributed by atoms with Crippen LogP contribution in [0.3, 0.4) is 0 Å². The van der Waals surface area contributed by atoms with E-state index >= 15 is 0 Å². The second-order valence-electron chi connectivity index (χ2n) is 12.8. The zero-order valence-corrected chi connectivity index (χ0v) is 27.0.